The summed E-state index contributed by atoms with van der Waals surface area (Å²) in [6.07, 6.45) is 4.82. The molecule has 4 rings (SSSR count). The number of aliphatic carboxylic acids is 1. The van der Waals surface area contributed by atoms with Crippen LogP contribution < -0.4 is 4.74 Å². The van der Waals surface area contributed by atoms with Gasteiger partial charge >= 0.3 is 5.97 Å². The number of aromatic nitrogens is 2. The van der Waals surface area contributed by atoms with Crippen molar-refractivity contribution in [2.75, 3.05) is 6.61 Å². The minimum absolute atomic E-state index is 0.125. The molecule has 4 aromatic rings. The number of ether oxygens (including phenoxy) is 1. The first-order valence-corrected chi connectivity index (χ1v) is 10.9. The highest BCUT2D eigenvalue weighted by molar-refractivity contribution is 5.69. The maximum absolute atomic E-state index is 10.8. The van der Waals surface area contributed by atoms with Crippen molar-refractivity contribution in [3.8, 4) is 28.3 Å². The summed E-state index contributed by atoms with van der Waals surface area (Å²) in [5.41, 5.74) is 6.02. The van der Waals surface area contributed by atoms with Crippen molar-refractivity contribution in [3.63, 3.8) is 0 Å². The van der Waals surface area contributed by atoms with Crippen LogP contribution in [0.15, 0.2) is 71.4 Å². The summed E-state index contributed by atoms with van der Waals surface area (Å²) in [5.74, 6) is 1.35. The van der Waals surface area contributed by atoms with Gasteiger partial charge in [-0.25, -0.2) is 4.98 Å². The highest BCUT2D eigenvalue weighted by atomic mass is 16.5. The van der Waals surface area contributed by atoms with Crippen LogP contribution in [0.5, 0.6) is 5.75 Å². The van der Waals surface area contributed by atoms with Gasteiger partial charge in [0.1, 0.15) is 11.5 Å². The molecule has 0 saturated carbocycles. The standard InChI is InChI=1S/C27H26N2O4/c1-18-16-24(8-6-20(18)7-9-26(30)31)32-15-12-25-19(2)33-27(29-25)23-5-3-4-22(17-23)21-10-13-28-14-11-21/h3-6,8,10-11,13-14,16-17H,7,9,12,15H2,1-2H3,(H,30,31). The molecule has 0 aliphatic heterocycles. The van der Waals surface area contributed by atoms with Gasteiger partial charge in [0.15, 0.2) is 0 Å². The number of oxazole rings is 1. The van der Waals surface area contributed by atoms with E-state index >= 15 is 0 Å². The Morgan fingerprint density at radius 1 is 0.970 bits per heavy atom. The second-order valence-corrected chi connectivity index (χ2v) is 7.92. The number of hydrogen-bond acceptors (Lipinski definition) is 5. The Morgan fingerprint density at radius 2 is 1.76 bits per heavy atom. The fourth-order valence-electron chi connectivity index (χ4n) is 3.71. The van der Waals surface area contributed by atoms with Gasteiger partial charge in [-0.05, 0) is 78.9 Å². The lowest BCUT2D eigenvalue weighted by Gasteiger charge is -2.09. The molecule has 168 valence electrons. The second kappa shape index (κ2) is 10.1. The van der Waals surface area contributed by atoms with Gasteiger partial charge in [0, 0.05) is 30.8 Å². The van der Waals surface area contributed by atoms with Crippen LogP contribution >= 0.6 is 0 Å². The van der Waals surface area contributed by atoms with Gasteiger partial charge in [-0.2, -0.15) is 0 Å². The van der Waals surface area contributed by atoms with Crippen LogP contribution in [0.4, 0.5) is 0 Å². The molecule has 6 heteroatoms. The number of nitrogens with zero attached hydrogens (tertiary/aromatic N) is 2. The average molecular weight is 443 g/mol. The lowest BCUT2D eigenvalue weighted by molar-refractivity contribution is -0.136. The normalized spacial score (nSPS) is 10.8. The van der Waals surface area contributed by atoms with Gasteiger partial charge < -0.3 is 14.3 Å². The molecule has 0 spiro atoms. The summed E-state index contributed by atoms with van der Waals surface area (Å²) in [4.78, 5) is 19.6. The molecule has 2 heterocycles. The molecule has 0 atom stereocenters. The van der Waals surface area contributed by atoms with Crippen LogP contribution in [0.2, 0.25) is 0 Å². The summed E-state index contributed by atoms with van der Waals surface area (Å²) in [6.45, 7) is 4.36. The first-order chi connectivity index (χ1) is 16.0. The fraction of sp³-hybridized carbons (Fsp3) is 0.222. The molecule has 1 N–H and O–H groups in total. The van der Waals surface area contributed by atoms with E-state index < -0.39 is 5.97 Å². The predicted octanol–water partition coefficient (Wildman–Crippen LogP) is 5.66. The maximum atomic E-state index is 10.8. The molecule has 2 aromatic heterocycles. The quantitative estimate of drug-likeness (QED) is 0.360. The Bertz CT molecular complexity index is 1250. The third kappa shape index (κ3) is 5.66. The Kier molecular flexibility index (Phi) is 6.83. The van der Waals surface area contributed by atoms with E-state index in [9.17, 15) is 4.79 Å². The number of carboxylic acids is 1. The third-order valence-corrected chi connectivity index (χ3v) is 5.55. The molecule has 0 radical (unpaired) electrons. The Hall–Kier alpha value is -3.93. The monoisotopic (exact) mass is 442 g/mol. The molecule has 0 bridgehead atoms. The smallest absolute Gasteiger partial charge is 0.303 e. The van der Waals surface area contributed by atoms with Crippen molar-refractivity contribution in [2.24, 2.45) is 0 Å². The van der Waals surface area contributed by atoms with Gasteiger partial charge in [-0.1, -0.05) is 18.2 Å². The Labute approximate surface area is 192 Å². The second-order valence-electron chi connectivity index (χ2n) is 7.92. The van der Waals surface area contributed by atoms with Crippen molar-refractivity contribution in [2.45, 2.75) is 33.1 Å². The van der Waals surface area contributed by atoms with Crippen LogP contribution in [-0.2, 0) is 17.6 Å². The van der Waals surface area contributed by atoms with Crippen molar-refractivity contribution < 1.29 is 19.1 Å². The Morgan fingerprint density at radius 3 is 2.52 bits per heavy atom. The van der Waals surface area contributed by atoms with Gasteiger partial charge in [-0.15, -0.1) is 0 Å². The van der Waals surface area contributed by atoms with E-state index in [0.29, 0.717) is 25.3 Å². The molecule has 0 saturated heterocycles. The predicted molar refractivity (Wildman–Crippen MR) is 126 cm³/mol. The number of aryl methyl sites for hydroxylation is 3. The highest BCUT2D eigenvalue weighted by Gasteiger charge is 2.13. The first-order valence-electron chi connectivity index (χ1n) is 10.9. The minimum atomic E-state index is -0.791. The molecule has 0 unspecified atom stereocenters. The van der Waals surface area contributed by atoms with Crippen LogP contribution in [0, 0.1) is 13.8 Å². The van der Waals surface area contributed by atoms with E-state index in [0.717, 1.165) is 45.0 Å². The summed E-state index contributed by atoms with van der Waals surface area (Å²) < 4.78 is 11.9. The average Bonchev–Trinajstić information content (AvgIpc) is 3.19. The summed E-state index contributed by atoms with van der Waals surface area (Å²) in [5, 5.41) is 8.87. The number of benzene rings is 2. The zero-order chi connectivity index (χ0) is 23.2. The van der Waals surface area contributed by atoms with E-state index in [4.69, 9.17) is 19.2 Å². The molecule has 6 nitrogen and oxygen atoms in total. The van der Waals surface area contributed by atoms with Crippen LogP contribution in [0.3, 0.4) is 0 Å². The van der Waals surface area contributed by atoms with E-state index in [2.05, 4.69) is 17.1 Å². The maximum Gasteiger partial charge on any atom is 0.303 e. The van der Waals surface area contributed by atoms with Crippen LogP contribution in [0.1, 0.15) is 29.0 Å². The molecule has 0 fully saturated rings. The number of carboxylic acid groups (broad SMARTS) is 1. The van der Waals surface area contributed by atoms with Crippen molar-refractivity contribution in [1.29, 1.82) is 0 Å². The van der Waals surface area contributed by atoms with Crippen LogP contribution in [0.25, 0.3) is 22.6 Å². The van der Waals surface area contributed by atoms with E-state index in [1.165, 1.54) is 0 Å². The van der Waals surface area contributed by atoms with Gasteiger partial charge in [0.05, 0.1) is 12.3 Å². The fourth-order valence-corrected chi connectivity index (χ4v) is 3.71. The molecular weight excluding hydrogens is 416 g/mol. The SMILES string of the molecule is Cc1cc(OCCc2nc(-c3cccc(-c4ccncc4)c3)oc2C)ccc1CCC(=O)O. The highest BCUT2D eigenvalue weighted by Crippen LogP contribution is 2.27. The lowest BCUT2D eigenvalue weighted by Crippen LogP contribution is -2.04. The molecule has 2 aromatic carbocycles. The summed E-state index contributed by atoms with van der Waals surface area (Å²) in [7, 11) is 0. The minimum Gasteiger partial charge on any atom is -0.493 e. The van der Waals surface area contributed by atoms with Crippen LogP contribution in [-0.4, -0.2) is 27.7 Å². The van der Waals surface area contributed by atoms with Gasteiger partial charge in [0.2, 0.25) is 5.89 Å². The third-order valence-electron chi connectivity index (χ3n) is 5.55. The van der Waals surface area contributed by atoms with Gasteiger partial charge in [0.25, 0.3) is 0 Å². The first kappa shape index (κ1) is 22.3. The largest absolute Gasteiger partial charge is 0.493 e. The van der Waals surface area contributed by atoms with Crippen molar-refractivity contribution >= 4 is 5.97 Å². The molecule has 33 heavy (non-hydrogen) atoms. The van der Waals surface area contributed by atoms with Gasteiger partial charge in [-0.3, -0.25) is 9.78 Å². The lowest BCUT2D eigenvalue weighted by atomic mass is 10.0. The number of pyridine rings is 1. The van der Waals surface area contributed by atoms with E-state index in [1.54, 1.807) is 12.4 Å². The topological polar surface area (TPSA) is 85.5 Å². The number of carbonyl (C=O) groups is 1. The van der Waals surface area contributed by atoms with E-state index in [-0.39, 0.29) is 6.42 Å². The zero-order valence-electron chi connectivity index (χ0n) is 18.7. The van der Waals surface area contributed by atoms with Crippen molar-refractivity contribution in [3.05, 3.63) is 89.6 Å². The summed E-state index contributed by atoms with van der Waals surface area (Å²) >= 11 is 0. The summed E-state index contributed by atoms with van der Waals surface area (Å²) in [6, 6.07) is 17.8. The Balaban J connectivity index is 1.40. The molecule has 0 amide bonds. The molecular formula is C27H26N2O4. The zero-order valence-corrected chi connectivity index (χ0v) is 18.7. The molecule has 0 aliphatic rings. The number of rotatable bonds is 9. The van der Waals surface area contributed by atoms with Crippen molar-refractivity contribution in [1.82, 2.24) is 9.97 Å². The molecule has 0 aliphatic carbocycles. The van der Waals surface area contributed by atoms with E-state index in [1.807, 2.05) is 56.3 Å². The number of hydrogen-bond donors (Lipinski definition) is 1.